The molecule has 3 atom stereocenters. The zero-order chi connectivity index (χ0) is 12.3. The molecule has 0 aliphatic heterocycles. The Labute approximate surface area is 106 Å². The first-order valence-corrected chi connectivity index (χ1v) is 7.17. The van der Waals surface area contributed by atoms with Crippen LogP contribution in [0.25, 0.3) is 0 Å². The molecule has 2 nitrogen and oxygen atoms in total. The van der Waals surface area contributed by atoms with Crippen LogP contribution in [0.3, 0.4) is 0 Å². The Morgan fingerprint density at radius 2 is 2.24 bits per heavy atom. The summed E-state index contributed by atoms with van der Waals surface area (Å²) >= 11 is 0. The first-order chi connectivity index (χ1) is 8.18. The zero-order valence-electron chi connectivity index (χ0n) is 11.4. The van der Waals surface area contributed by atoms with Gasteiger partial charge in [-0.3, -0.25) is 0 Å². The lowest BCUT2D eigenvalue weighted by Crippen LogP contribution is -2.53. The lowest BCUT2D eigenvalue weighted by molar-refractivity contribution is -0.0637. The molecule has 0 amide bonds. The first kappa shape index (κ1) is 13.1. The minimum absolute atomic E-state index is 0.0825. The second kappa shape index (κ2) is 5.53. The molecule has 0 saturated heterocycles. The van der Waals surface area contributed by atoms with E-state index in [9.17, 15) is 0 Å². The summed E-state index contributed by atoms with van der Waals surface area (Å²) in [5, 5.41) is 0. The average molecular weight is 237 g/mol. The molecule has 3 unspecified atom stereocenters. The van der Waals surface area contributed by atoms with Gasteiger partial charge in [0.15, 0.2) is 0 Å². The predicted molar refractivity (Wildman–Crippen MR) is 71.9 cm³/mol. The standard InChI is InChI=1S/C15H27NO/c1-12-7-6-10-15(11-12,17-2)14(16)13-8-4-3-5-9-13/h8,12,14H,3-7,9-11,16H2,1-2H3. The highest BCUT2D eigenvalue weighted by molar-refractivity contribution is 5.19. The van der Waals surface area contributed by atoms with E-state index in [1.54, 1.807) is 0 Å². The van der Waals surface area contributed by atoms with Gasteiger partial charge in [0.25, 0.3) is 0 Å². The molecule has 17 heavy (non-hydrogen) atoms. The second-order valence-electron chi connectivity index (χ2n) is 5.97. The first-order valence-electron chi connectivity index (χ1n) is 7.17. The van der Waals surface area contributed by atoms with Crippen LogP contribution in [0.4, 0.5) is 0 Å². The fourth-order valence-corrected chi connectivity index (χ4v) is 3.62. The van der Waals surface area contributed by atoms with Crippen molar-refractivity contribution in [2.45, 2.75) is 69.9 Å². The lowest BCUT2D eigenvalue weighted by Gasteiger charge is -2.44. The van der Waals surface area contributed by atoms with E-state index in [-0.39, 0.29) is 11.6 Å². The average Bonchev–Trinajstić information content (AvgIpc) is 2.38. The molecule has 0 aromatic heterocycles. The summed E-state index contributed by atoms with van der Waals surface area (Å²) in [6, 6.07) is 0.121. The van der Waals surface area contributed by atoms with Crippen LogP contribution in [0.1, 0.15) is 58.3 Å². The summed E-state index contributed by atoms with van der Waals surface area (Å²) in [7, 11) is 1.85. The Morgan fingerprint density at radius 1 is 1.41 bits per heavy atom. The Bertz CT molecular complexity index is 287. The zero-order valence-corrected chi connectivity index (χ0v) is 11.4. The molecule has 2 rings (SSSR count). The minimum Gasteiger partial charge on any atom is -0.376 e. The molecule has 0 bridgehead atoms. The van der Waals surface area contributed by atoms with Crippen molar-refractivity contribution in [2.75, 3.05) is 7.11 Å². The number of hydrogen-bond acceptors (Lipinski definition) is 2. The SMILES string of the molecule is COC1(C(N)C2=CCCCC2)CCCC(C)C1. The van der Waals surface area contributed by atoms with Gasteiger partial charge >= 0.3 is 0 Å². The lowest BCUT2D eigenvalue weighted by atomic mass is 9.71. The van der Waals surface area contributed by atoms with E-state index in [1.807, 2.05) is 7.11 Å². The van der Waals surface area contributed by atoms with Crippen LogP contribution in [-0.2, 0) is 4.74 Å². The van der Waals surface area contributed by atoms with Crippen LogP contribution < -0.4 is 5.73 Å². The minimum atomic E-state index is -0.0825. The van der Waals surface area contributed by atoms with Gasteiger partial charge in [-0.05, 0) is 44.4 Å². The maximum Gasteiger partial charge on any atom is 0.0869 e. The molecule has 1 fully saturated rings. The quantitative estimate of drug-likeness (QED) is 0.763. The highest BCUT2D eigenvalue weighted by Crippen LogP contribution is 2.40. The summed E-state index contributed by atoms with van der Waals surface area (Å²) in [5.74, 6) is 0.749. The molecule has 2 aliphatic rings. The smallest absolute Gasteiger partial charge is 0.0869 e. The van der Waals surface area contributed by atoms with Gasteiger partial charge in [-0.1, -0.05) is 31.4 Å². The van der Waals surface area contributed by atoms with Crippen molar-refractivity contribution in [2.24, 2.45) is 11.7 Å². The molecule has 2 N–H and O–H groups in total. The van der Waals surface area contributed by atoms with Gasteiger partial charge in [-0.25, -0.2) is 0 Å². The monoisotopic (exact) mass is 237 g/mol. The van der Waals surface area contributed by atoms with Gasteiger partial charge in [0.2, 0.25) is 0 Å². The van der Waals surface area contributed by atoms with Crippen molar-refractivity contribution in [3.8, 4) is 0 Å². The van der Waals surface area contributed by atoms with Crippen LogP contribution in [0.2, 0.25) is 0 Å². The van der Waals surface area contributed by atoms with Gasteiger partial charge in [-0.2, -0.15) is 0 Å². The Morgan fingerprint density at radius 3 is 2.82 bits per heavy atom. The van der Waals surface area contributed by atoms with Crippen molar-refractivity contribution in [3.63, 3.8) is 0 Å². The summed E-state index contributed by atoms with van der Waals surface area (Å²) in [6.07, 6.45) is 12.2. The van der Waals surface area contributed by atoms with Gasteiger partial charge in [0.05, 0.1) is 11.6 Å². The summed E-state index contributed by atoms with van der Waals surface area (Å²) in [4.78, 5) is 0. The van der Waals surface area contributed by atoms with Crippen LogP contribution in [-0.4, -0.2) is 18.8 Å². The van der Waals surface area contributed by atoms with Crippen molar-refractivity contribution in [1.82, 2.24) is 0 Å². The number of hydrogen-bond donors (Lipinski definition) is 1. The molecule has 0 aromatic carbocycles. The molecule has 0 aromatic rings. The third-order valence-corrected chi connectivity index (χ3v) is 4.69. The van der Waals surface area contributed by atoms with Crippen LogP contribution in [0.15, 0.2) is 11.6 Å². The van der Waals surface area contributed by atoms with Crippen molar-refractivity contribution in [1.29, 1.82) is 0 Å². The highest BCUT2D eigenvalue weighted by Gasteiger charge is 2.41. The van der Waals surface area contributed by atoms with Gasteiger partial charge < -0.3 is 10.5 Å². The maximum absolute atomic E-state index is 6.54. The van der Waals surface area contributed by atoms with Crippen LogP contribution in [0, 0.1) is 5.92 Å². The molecular formula is C15H27NO. The molecule has 98 valence electrons. The van der Waals surface area contributed by atoms with E-state index in [2.05, 4.69) is 13.0 Å². The van der Waals surface area contributed by atoms with Crippen molar-refractivity contribution in [3.05, 3.63) is 11.6 Å². The third kappa shape index (κ3) is 2.74. The Kier molecular flexibility index (Phi) is 4.26. The van der Waals surface area contributed by atoms with Gasteiger partial charge in [-0.15, -0.1) is 0 Å². The number of nitrogens with two attached hydrogens (primary N) is 1. The molecule has 0 radical (unpaired) electrons. The van der Waals surface area contributed by atoms with Crippen LogP contribution in [0.5, 0.6) is 0 Å². The number of methoxy groups -OCH3 is 1. The molecular weight excluding hydrogens is 210 g/mol. The highest BCUT2D eigenvalue weighted by atomic mass is 16.5. The fraction of sp³-hybridized carbons (Fsp3) is 0.867. The van der Waals surface area contributed by atoms with Gasteiger partial charge in [0, 0.05) is 7.11 Å². The van der Waals surface area contributed by atoms with E-state index >= 15 is 0 Å². The number of rotatable bonds is 3. The fourth-order valence-electron chi connectivity index (χ4n) is 3.62. The molecule has 2 aliphatic carbocycles. The topological polar surface area (TPSA) is 35.2 Å². The van der Waals surface area contributed by atoms with E-state index in [0.29, 0.717) is 0 Å². The predicted octanol–water partition coefficient (Wildman–Crippen LogP) is 3.41. The number of ether oxygens (including phenoxy) is 1. The molecule has 0 spiro atoms. The molecule has 1 saturated carbocycles. The van der Waals surface area contributed by atoms with Gasteiger partial charge in [0.1, 0.15) is 0 Å². The summed E-state index contributed by atoms with van der Waals surface area (Å²) in [6.45, 7) is 2.33. The second-order valence-corrected chi connectivity index (χ2v) is 5.97. The molecule has 2 heteroatoms. The van der Waals surface area contributed by atoms with E-state index in [4.69, 9.17) is 10.5 Å². The maximum atomic E-state index is 6.54. The Balaban J connectivity index is 2.13. The summed E-state index contributed by atoms with van der Waals surface area (Å²) < 4.78 is 5.90. The van der Waals surface area contributed by atoms with Crippen molar-refractivity contribution < 1.29 is 4.74 Å². The Hall–Kier alpha value is -0.340. The van der Waals surface area contributed by atoms with E-state index < -0.39 is 0 Å². The number of allylic oxidation sites excluding steroid dienone is 1. The van der Waals surface area contributed by atoms with Crippen LogP contribution >= 0.6 is 0 Å². The normalized spacial score (nSPS) is 36.4. The van der Waals surface area contributed by atoms with E-state index in [1.165, 1.54) is 44.1 Å². The third-order valence-electron chi connectivity index (χ3n) is 4.69. The molecule has 0 heterocycles. The van der Waals surface area contributed by atoms with E-state index in [0.717, 1.165) is 18.8 Å². The largest absolute Gasteiger partial charge is 0.376 e. The summed E-state index contributed by atoms with van der Waals surface area (Å²) in [5.41, 5.74) is 7.91. The van der Waals surface area contributed by atoms with Crippen molar-refractivity contribution >= 4 is 0 Å².